The molecule has 48 heavy (non-hydrogen) atoms. The summed E-state index contributed by atoms with van der Waals surface area (Å²) in [6, 6.07) is 12.5. The van der Waals surface area contributed by atoms with Crippen LogP contribution < -0.4 is 10.5 Å². The van der Waals surface area contributed by atoms with Crippen LogP contribution in [0.3, 0.4) is 0 Å². The molecule has 0 amide bonds. The van der Waals surface area contributed by atoms with Crippen molar-refractivity contribution in [2.45, 2.75) is 88.8 Å². The summed E-state index contributed by atoms with van der Waals surface area (Å²) in [4.78, 5) is 28.4. The van der Waals surface area contributed by atoms with Gasteiger partial charge in [-0.1, -0.05) is 12.1 Å². The number of carbonyl (C=O) groups is 2. The van der Waals surface area contributed by atoms with Gasteiger partial charge in [-0.25, -0.2) is 0 Å². The Kier molecular flexibility index (Phi) is 9.54. The van der Waals surface area contributed by atoms with E-state index >= 15 is 0 Å². The molecule has 6 aliphatic heterocycles. The normalized spacial score (nSPS) is 29.4. The first-order valence-electron chi connectivity index (χ1n) is 17.7. The molecule has 8 heterocycles. The monoisotopic (exact) mass is 705 g/mol. The van der Waals surface area contributed by atoms with Crippen LogP contribution in [0.2, 0.25) is 0 Å². The van der Waals surface area contributed by atoms with Gasteiger partial charge in [0.2, 0.25) is 0 Å². The predicted molar refractivity (Wildman–Crippen MR) is 200 cm³/mol. The Morgan fingerprint density at radius 3 is 1.92 bits per heavy atom. The molecular formula is C39H48ClN3O3S2. The lowest BCUT2D eigenvalue weighted by atomic mass is 9.69. The largest absolute Gasteiger partial charge is 0.429 e. The molecule has 2 atom stereocenters. The first kappa shape index (κ1) is 34.1. The molecule has 2 aromatic heterocycles. The molecular weight excluding hydrogens is 658 g/mol. The number of ketones is 1. The number of hydrogen-bond acceptors (Lipinski definition) is 8. The Morgan fingerprint density at radius 2 is 1.38 bits per heavy atom. The van der Waals surface area contributed by atoms with Crippen LogP contribution >= 0.6 is 35.1 Å². The summed E-state index contributed by atoms with van der Waals surface area (Å²) in [7, 11) is 0. The molecule has 6 saturated heterocycles. The number of nitrogens with two attached hydrogens (primary N) is 1. The lowest BCUT2D eigenvalue weighted by molar-refractivity contribution is -0.120. The fraction of sp³-hybridized carbons (Fsp3) is 0.538. The van der Waals surface area contributed by atoms with Gasteiger partial charge in [0.05, 0.1) is 0 Å². The summed E-state index contributed by atoms with van der Waals surface area (Å²) < 4.78 is 7.15. The van der Waals surface area contributed by atoms with Crippen molar-refractivity contribution in [3.8, 4) is 5.75 Å². The number of fused-ring (bicyclic) bond motifs is 6. The number of hydrogen-bond donors (Lipinski definition) is 1. The highest BCUT2D eigenvalue weighted by molar-refractivity contribution is 7.17. The van der Waals surface area contributed by atoms with Crippen molar-refractivity contribution in [1.82, 2.24) is 9.80 Å². The number of thiophene rings is 2. The average Bonchev–Trinajstić information content (AvgIpc) is 4.01. The summed E-state index contributed by atoms with van der Waals surface area (Å²) in [5.74, 6) is 3.23. The van der Waals surface area contributed by atoms with Crippen LogP contribution in [0.25, 0.3) is 20.2 Å². The third kappa shape index (κ3) is 6.05. The topological polar surface area (TPSA) is 75.9 Å². The van der Waals surface area contributed by atoms with Gasteiger partial charge in [0.15, 0.2) is 5.78 Å². The van der Waals surface area contributed by atoms with Crippen LogP contribution in [0.15, 0.2) is 47.2 Å². The van der Waals surface area contributed by atoms with Crippen molar-refractivity contribution in [3.63, 3.8) is 0 Å². The van der Waals surface area contributed by atoms with E-state index in [4.69, 9.17) is 10.5 Å². The Hall–Kier alpha value is -2.33. The minimum atomic E-state index is 0. The van der Waals surface area contributed by atoms with Crippen molar-refractivity contribution in [1.29, 1.82) is 0 Å². The van der Waals surface area contributed by atoms with Crippen molar-refractivity contribution in [3.05, 3.63) is 63.8 Å². The second-order valence-corrected chi connectivity index (χ2v) is 16.9. The molecule has 0 unspecified atom stereocenters. The predicted octanol–water partition coefficient (Wildman–Crippen LogP) is 8.40. The van der Waals surface area contributed by atoms with E-state index in [2.05, 4.69) is 46.5 Å². The maximum absolute atomic E-state index is 12.9. The lowest BCUT2D eigenvalue weighted by Crippen LogP contribution is -2.63. The molecule has 0 radical (unpaired) electrons. The number of piperidine rings is 6. The van der Waals surface area contributed by atoms with E-state index in [1.54, 1.807) is 28.7 Å². The first-order chi connectivity index (χ1) is 22.8. The highest BCUT2D eigenvalue weighted by Gasteiger charge is 2.60. The summed E-state index contributed by atoms with van der Waals surface area (Å²) in [6.07, 6.45) is 11.5. The van der Waals surface area contributed by atoms with E-state index in [0.717, 1.165) is 28.5 Å². The molecule has 2 aliphatic carbocycles. The Bertz CT molecular complexity index is 1790. The van der Waals surface area contributed by atoms with Crippen LogP contribution in [0.4, 0.5) is 0 Å². The van der Waals surface area contributed by atoms with Gasteiger partial charge in [0.1, 0.15) is 5.75 Å². The van der Waals surface area contributed by atoms with Gasteiger partial charge in [-0.2, -0.15) is 0 Å². The summed E-state index contributed by atoms with van der Waals surface area (Å²) in [5.41, 5.74) is 10.7. The quantitative estimate of drug-likeness (QED) is 0.166. The van der Waals surface area contributed by atoms with Gasteiger partial charge in [-0.3, -0.25) is 19.4 Å². The SMILES string of the molecule is Cc1csc2cc(C(=O)C[C@@H]3C4CCN(CC4)C34CC4)ccc12.Cc1csc2cc(OC=O)ccc12.Cl.N[C@@H]1C2CCN(CC2)C12CC2. The van der Waals surface area contributed by atoms with E-state index in [9.17, 15) is 9.59 Å². The molecule has 12 rings (SSSR count). The Labute approximate surface area is 298 Å². The number of carbonyl (C=O) groups excluding carboxylic acids is 2. The molecule has 4 aromatic rings. The third-order valence-electron chi connectivity index (χ3n) is 12.7. The van der Waals surface area contributed by atoms with Crippen molar-refractivity contribution >= 4 is 67.5 Å². The van der Waals surface area contributed by atoms with Crippen LogP contribution in [0, 0.1) is 31.6 Å². The van der Waals surface area contributed by atoms with E-state index in [-0.39, 0.29) is 12.4 Å². The Balaban J connectivity index is 0.000000124. The van der Waals surface area contributed by atoms with E-state index < -0.39 is 0 Å². The molecule has 2 spiro atoms. The second kappa shape index (κ2) is 13.4. The number of nitrogens with zero attached hydrogens (tertiary/aromatic N) is 2. The zero-order chi connectivity index (χ0) is 32.3. The number of benzene rings is 2. The number of halogens is 1. The van der Waals surface area contributed by atoms with Gasteiger partial charge in [-0.15, -0.1) is 35.1 Å². The Morgan fingerprint density at radius 1 is 0.833 bits per heavy atom. The molecule has 6 nitrogen and oxygen atoms in total. The highest BCUT2D eigenvalue weighted by Crippen LogP contribution is 2.58. The number of rotatable bonds is 5. The molecule has 256 valence electrons. The lowest BCUT2D eigenvalue weighted by Gasteiger charge is -2.52. The van der Waals surface area contributed by atoms with Gasteiger partial charge in [-0.05, 0) is 166 Å². The average molecular weight is 706 g/mol. The minimum Gasteiger partial charge on any atom is -0.429 e. The van der Waals surface area contributed by atoms with Gasteiger partial charge < -0.3 is 10.5 Å². The van der Waals surface area contributed by atoms with Gasteiger partial charge in [0, 0.05) is 38.5 Å². The van der Waals surface area contributed by atoms with Crippen molar-refractivity contribution in [2.24, 2.45) is 23.5 Å². The third-order valence-corrected chi connectivity index (χ3v) is 14.8. The molecule has 2 saturated carbocycles. The maximum Gasteiger partial charge on any atom is 0.298 e. The maximum atomic E-state index is 12.9. The zero-order valence-electron chi connectivity index (χ0n) is 28.1. The highest BCUT2D eigenvalue weighted by atomic mass is 35.5. The van der Waals surface area contributed by atoms with E-state index in [0.29, 0.717) is 41.0 Å². The van der Waals surface area contributed by atoms with Crippen molar-refractivity contribution < 1.29 is 14.3 Å². The molecule has 9 heteroatoms. The number of Topliss-reactive ketones (excluding diaryl/α,β-unsaturated/α-hetero) is 1. The zero-order valence-corrected chi connectivity index (χ0v) is 30.6. The molecule has 4 bridgehead atoms. The molecule has 8 aliphatic rings. The van der Waals surface area contributed by atoms with E-state index in [1.165, 1.54) is 104 Å². The van der Waals surface area contributed by atoms with Crippen LogP contribution in [0.1, 0.15) is 79.3 Å². The van der Waals surface area contributed by atoms with Crippen LogP contribution in [0.5, 0.6) is 5.75 Å². The van der Waals surface area contributed by atoms with E-state index in [1.807, 2.05) is 18.2 Å². The summed E-state index contributed by atoms with van der Waals surface area (Å²) >= 11 is 3.41. The molecule has 8 fully saturated rings. The second-order valence-electron chi connectivity index (χ2n) is 15.0. The fourth-order valence-electron chi connectivity index (χ4n) is 9.65. The van der Waals surface area contributed by atoms with Crippen LogP contribution in [-0.4, -0.2) is 65.4 Å². The number of aryl methyl sites for hydroxylation is 2. The summed E-state index contributed by atoms with van der Waals surface area (Å²) in [6.45, 7) is 9.87. The van der Waals surface area contributed by atoms with Crippen LogP contribution in [-0.2, 0) is 4.79 Å². The molecule has 2 N–H and O–H groups in total. The van der Waals surface area contributed by atoms with Crippen molar-refractivity contribution in [2.75, 3.05) is 26.2 Å². The smallest absolute Gasteiger partial charge is 0.298 e. The van der Waals surface area contributed by atoms with Gasteiger partial charge in [0.25, 0.3) is 6.47 Å². The minimum absolute atomic E-state index is 0. The first-order valence-corrected chi connectivity index (χ1v) is 19.4. The standard InChI is InChI=1S/C20H23NOS.C10H8O2S.C9H16N2.ClH/c1-13-12-23-19-10-15(2-3-16(13)19)18(22)11-17-14-4-8-21(9-5-14)20(17)6-7-20;1-7-5-13-10-4-8(12-6-11)2-3-9(7)10;10-8-7-1-5-11(6-2-7)9(8)3-4-9;/h2-3,10,12,14,17H,4-9,11H2,1H3;2-6H,1H3;7-8H,1-6,10H2;1H/t17-;;8-;/m1.1./s1. The fourth-order valence-corrected chi connectivity index (χ4v) is 11.6. The number of ether oxygens (including phenoxy) is 1. The molecule has 2 aromatic carbocycles. The van der Waals surface area contributed by atoms with Gasteiger partial charge >= 0.3 is 0 Å². The summed E-state index contributed by atoms with van der Waals surface area (Å²) in [5, 5.41) is 6.80.